The van der Waals surface area contributed by atoms with Crippen molar-refractivity contribution in [1.82, 2.24) is 4.98 Å². The average Bonchev–Trinajstić information content (AvgIpc) is 3.58. The third kappa shape index (κ3) is 3.27. The fourth-order valence-electron chi connectivity index (χ4n) is 3.99. The lowest BCUT2D eigenvalue weighted by Gasteiger charge is -2.24. The highest BCUT2D eigenvalue weighted by Crippen LogP contribution is 2.44. The minimum atomic E-state index is -1.03. The third-order valence-corrected chi connectivity index (χ3v) is 6.32. The van der Waals surface area contributed by atoms with E-state index in [-0.39, 0.29) is 22.8 Å². The van der Waals surface area contributed by atoms with Crippen molar-refractivity contribution < 1.29 is 33.7 Å². The number of fused-ring (bicyclic) bond motifs is 1. The fourth-order valence-corrected chi connectivity index (χ4v) is 4.66. The zero-order valence-electron chi connectivity index (χ0n) is 18.0. The van der Waals surface area contributed by atoms with Crippen LogP contribution >= 0.6 is 11.3 Å². The van der Waals surface area contributed by atoms with Crippen LogP contribution in [0.15, 0.2) is 69.8 Å². The van der Waals surface area contributed by atoms with E-state index in [0.29, 0.717) is 27.4 Å². The number of para-hydroxylation sites is 1. The number of aromatic nitrogens is 1. The minimum absolute atomic E-state index is 0.0643. The van der Waals surface area contributed by atoms with Crippen LogP contribution in [0.2, 0.25) is 0 Å². The van der Waals surface area contributed by atoms with Gasteiger partial charge in [-0.2, -0.15) is 0 Å². The Morgan fingerprint density at radius 2 is 1.91 bits per heavy atom. The summed E-state index contributed by atoms with van der Waals surface area (Å²) < 4.78 is 16.3. The number of furan rings is 1. The van der Waals surface area contributed by atoms with Crippen LogP contribution in [0.5, 0.6) is 17.2 Å². The van der Waals surface area contributed by atoms with Crippen LogP contribution < -0.4 is 14.4 Å². The van der Waals surface area contributed by atoms with Crippen molar-refractivity contribution in [2.24, 2.45) is 0 Å². The Morgan fingerprint density at radius 1 is 1.12 bits per heavy atom. The van der Waals surface area contributed by atoms with E-state index >= 15 is 0 Å². The molecule has 2 aromatic carbocycles. The molecule has 0 saturated carbocycles. The molecule has 1 amide bonds. The molecule has 3 heterocycles. The molecule has 0 bridgehead atoms. The second-order valence-electron chi connectivity index (χ2n) is 7.40. The zero-order valence-corrected chi connectivity index (χ0v) is 18.8. The average molecular weight is 478 g/mol. The second kappa shape index (κ2) is 8.23. The number of methoxy groups -OCH3 is 2. The standard InChI is InChI=1S/C24H18N2O7S/c1-31-15-5-3-4-13-11-17(33-22(13)15)20(28)18-19(12-6-7-14(27)16(10-12)32-2)26(23(30)21(18)29)24-25-8-9-34-24/h3-11,19,27,29H,1-2H3. The van der Waals surface area contributed by atoms with Gasteiger partial charge in [-0.05, 0) is 29.8 Å². The molecule has 1 aliphatic rings. The Morgan fingerprint density at radius 3 is 2.62 bits per heavy atom. The minimum Gasteiger partial charge on any atom is -0.504 e. The number of hydrogen-bond acceptors (Lipinski definition) is 9. The molecule has 9 nitrogen and oxygen atoms in total. The molecule has 0 saturated heterocycles. The van der Waals surface area contributed by atoms with E-state index < -0.39 is 23.5 Å². The van der Waals surface area contributed by atoms with Crippen LogP contribution in [0.4, 0.5) is 5.13 Å². The summed E-state index contributed by atoms with van der Waals surface area (Å²) in [4.78, 5) is 32.2. The van der Waals surface area contributed by atoms with Gasteiger partial charge in [0.2, 0.25) is 5.78 Å². The molecule has 0 spiro atoms. The SMILES string of the molecule is COc1cc(C2C(C(=O)c3cc4cccc(OC)c4o3)=C(O)C(=O)N2c2nccs2)ccc1O. The van der Waals surface area contributed by atoms with Crippen molar-refractivity contribution in [3.63, 3.8) is 0 Å². The van der Waals surface area contributed by atoms with E-state index in [0.717, 1.165) is 0 Å². The Hall–Kier alpha value is -4.31. The number of aromatic hydroxyl groups is 1. The molecule has 2 aromatic heterocycles. The number of ketones is 1. The number of Topliss-reactive ketones (excluding diaryl/α,β-unsaturated/α-hetero) is 1. The summed E-state index contributed by atoms with van der Waals surface area (Å²) in [5.41, 5.74) is 0.627. The topological polar surface area (TPSA) is 122 Å². The largest absolute Gasteiger partial charge is 0.504 e. The summed E-state index contributed by atoms with van der Waals surface area (Å²) in [5.74, 6) is -1.72. The van der Waals surface area contributed by atoms with Gasteiger partial charge in [0.05, 0.1) is 25.8 Å². The third-order valence-electron chi connectivity index (χ3n) is 5.55. The number of thiazole rings is 1. The number of rotatable bonds is 6. The molecule has 0 radical (unpaired) electrons. The van der Waals surface area contributed by atoms with Crippen molar-refractivity contribution in [2.75, 3.05) is 19.1 Å². The van der Waals surface area contributed by atoms with Crippen LogP contribution in [0.1, 0.15) is 22.2 Å². The molecular formula is C24H18N2O7S. The highest BCUT2D eigenvalue weighted by Gasteiger charge is 2.46. The van der Waals surface area contributed by atoms with Gasteiger partial charge in [0.15, 0.2) is 39.5 Å². The van der Waals surface area contributed by atoms with E-state index in [1.54, 1.807) is 29.6 Å². The lowest BCUT2D eigenvalue weighted by Crippen LogP contribution is -2.30. The van der Waals surface area contributed by atoms with E-state index in [4.69, 9.17) is 13.9 Å². The summed E-state index contributed by atoms with van der Waals surface area (Å²) in [7, 11) is 2.88. The molecule has 34 heavy (non-hydrogen) atoms. The van der Waals surface area contributed by atoms with Crippen molar-refractivity contribution in [1.29, 1.82) is 0 Å². The Balaban J connectivity index is 1.67. The highest BCUT2D eigenvalue weighted by atomic mass is 32.1. The number of nitrogens with zero attached hydrogens (tertiary/aromatic N) is 2. The molecule has 4 aromatic rings. The molecule has 2 N–H and O–H groups in total. The van der Waals surface area contributed by atoms with Gasteiger partial charge in [-0.1, -0.05) is 18.2 Å². The van der Waals surface area contributed by atoms with Crippen LogP contribution in [0.3, 0.4) is 0 Å². The number of amides is 1. The molecular weight excluding hydrogens is 460 g/mol. The lowest BCUT2D eigenvalue weighted by atomic mass is 9.95. The Bertz CT molecular complexity index is 1460. The fraction of sp³-hybridized carbons (Fsp3) is 0.125. The maximum absolute atomic E-state index is 13.7. The molecule has 1 aliphatic heterocycles. The number of carbonyl (C=O) groups is 2. The van der Waals surface area contributed by atoms with E-state index in [1.165, 1.54) is 54.9 Å². The summed E-state index contributed by atoms with van der Waals surface area (Å²) in [6, 6.07) is 10.2. The number of ether oxygens (including phenoxy) is 2. The van der Waals surface area contributed by atoms with E-state index in [9.17, 15) is 19.8 Å². The summed E-state index contributed by atoms with van der Waals surface area (Å²) in [6.45, 7) is 0. The predicted octanol–water partition coefficient (Wildman–Crippen LogP) is 4.40. The number of anilines is 1. The van der Waals surface area contributed by atoms with Gasteiger partial charge in [-0.25, -0.2) is 4.98 Å². The monoisotopic (exact) mass is 478 g/mol. The van der Waals surface area contributed by atoms with Gasteiger partial charge in [-0.15, -0.1) is 11.3 Å². The Kier molecular flexibility index (Phi) is 5.21. The maximum atomic E-state index is 13.7. The van der Waals surface area contributed by atoms with Gasteiger partial charge in [0.1, 0.15) is 0 Å². The predicted molar refractivity (Wildman–Crippen MR) is 124 cm³/mol. The van der Waals surface area contributed by atoms with E-state index in [1.807, 2.05) is 0 Å². The number of phenolic OH excluding ortho intramolecular Hbond substituents is 1. The zero-order chi connectivity index (χ0) is 24.0. The quantitative estimate of drug-likeness (QED) is 0.391. The Labute approximate surface area is 197 Å². The molecule has 1 atom stereocenters. The first kappa shape index (κ1) is 21.5. The van der Waals surface area contributed by atoms with Gasteiger partial charge in [0, 0.05) is 17.0 Å². The maximum Gasteiger partial charge on any atom is 0.296 e. The molecule has 0 fully saturated rings. The van der Waals surface area contributed by atoms with Crippen molar-refractivity contribution in [3.05, 3.63) is 76.7 Å². The molecule has 172 valence electrons. The molecule has 5 rings (SSSR count). The number of phenols is 1. The first-order valence-electron chi connectivity index (χ1n) is 10.1. The smallest absolute Gasteiger partial charge is 0.296 e. The normalized spacial score (nSPS) is 15.9. The number of aliphatic hydroxyl groups excluding tert-OH is 1. The van der Waals surface area contributed by atoms with Gasteiger partial charge in [-0.3, -0.25) is 14.5 Å². The van der Waals surface area contributed by atoms with Crippen molar-refractivity contribution >= 4 is 39.1 Å². The van der Waals surface area contributed by atoms with Gasteiger partial charge >= 0.3 is 0 Å². The number of aliphatic hydroxyl groups is 1. The second-order valence-corrected chi connectivity index (χ2v) is 8.28. The molecule has 0 aliphatic carbocycles. The van der Waals surface area contributed by atoms with Crippen molar-refractivity contribution in [2.45, 2.75) is 6.04 Å². The van der Waals surface area contributed by atoms with Crippen LogP contribution in [-0.4, -0.2) is 41.1 Å². The first-order chi connectivity index (χ1) is 16.4. The number of benzene rings is 2. The van der Waals surface area contributed by atoms with Crippen LogP contribution in [-0.2, 0) is 4.79 Å². The number of hydrogen-bond donors (Lipinski definition) is 2. The lowest BCUT2D eigenvalue weighted by molar-refractivity contribution is -0.117. The summed E-state index contributed by atoms with van der Waals surface area (Å²) >= 11 is 1.18. The van der Waals surface area contributed by atoms with Gasteiger partial charge < -0.3 is 24.1 Å². The van der Waals surface area contributed by atoms with Crippen LogP contribution in [0.25, 0.3) is 11.0 Å². The van der Waals surface area contributed by atoms with Crippen molar-refractivity contribution in [3.8, 4) is 17.2 Å². The molecule has 1 unspecified atom stereocenters. The highest BCUT2D eigenvalue weighted by molar-refractivity contribution is 7.13. The van der Waals surface area contributed by atoms with E-state index in [2.05, 4.69) is 4.98 Å². The number of carbonyl (C=O) groups excluding carboxylic acids is 2. The van der Waals surface area contributed by atoms with Crippen LogP contribution in [0, 0.1) is 0 Å². The molecule has 10 heteroatoms. The summed E-state index contributed by atoms with van der Waals surface area (Å²) in [5, 5.41) is 23.5. The summed E-state index contributed by atoms with van der Waals surface area (Å²) in [6.07, 6.45) is 1.52. The first-order valence-corrected chi connectivity index (χ1v) is 11.0. The van der Waals surface area contributed by atoms with Gasteiger partial charge in [0.25, 0.3) is 5.91 Å².